The molecule has 0 saturated heterocycles. The van der Waals surface area contributed by atoms with Gasteiger partial charge in [-0.2, -0.15) is 0 Å². The van der Waals surface area contributed by atoms with Crippen LogP contribution in [0.4, 0.5) is 0 Å². The highest BCUT2D eigenvalue weighted by Crippen LogP contribution is 2.41. The van der Waals surface area contributed by atoms with Crippen molar-refractivity contribution < 1.29 is 15.0 Å². The number of aliphatic hydroxyl groups is 1. The van der Waals surface area contributed by atoms with E-state index in [1.165, 1.54) is 0 Å². The maximum absolute atomic E-state index is 11.1. The number of hydrogen-bond donors (Lipinski definition) is 3. The second-order valence-electron chi connectivity index (χ2n) is 4.24. The van der Waals surface area contributed by atoms with Crippen LogP contribution in [0.25, 0.3) is 0 Å². The number of nitrogens with two attached hydrogens (primary N) is 1. The summed E-state index contributed by atoms with van der Waals surface area (Å²) in [5, 5.41) is 18.0. The maximum Gasteiger partial charge on any atom is 0.309 e. The van der Waals surface area contributed by atoms with E-state index in [1.54, 1.807) is 0 Å². The lowest BCUT2D eigenvalue weighted by molar-refractivity contribution is -0.152. The Labute approximate surface area is 96.3 Å². The molecular formula is C10H20ClNO3. The summed E-state index contributed by atoms with van der Waals surface area (Å²) in [5.74, 6) is -0.289. The lowest BCUT2D eigenvalue weighted by Crippen LogP contribution is -2.37. The molecule has 0 aliphatic heterocycles. The minimum absolute atomic E-state index is 0. The molecule has 0 aromatic heterocycles. The minimum Gasteiger partial charge on any atom is -0.481 e. The molecule has 0 atom stereocenters. The van der Waals surface area contributed by atoms with Crippen LogP contribution in [-0.4, -0.2) is 29.3 Å². The zero-order chi connectivity index (χ0) is 10.6. The van der Waals surface area contributed by atoms with E-state index in [1.807, 2.05) is 0 Å². The molecule has 0 unspecified atom stereocenters. The summed E-state index contributed by atoms with van der Waals surface area (Å²) in [6, 6.07) is 0. The van der Waals surface area contributed by atoms with Crippen LogP contribution in [0.3, 0.4) is 0 Å². The zero-order valence-electron chi connectivity index (χ0n) is 8.82. The number of rotatable bonds is 4. The molecule has 0 aromatic carbocycles. The van der Waals surface area contributed by atoms with Gasteiger partial charge in [0.05, 0.1) is 5.41 Å². The Morgan fingerprint density at radius 3 is 2.27 bits per heavy atom. The van der Waals surface area contributed by atoms with Crippen molar-refractivity contribution >= 4 is 18.4 Å². The van der Waals surface area contributed by atoms with Crippen molar-refractivity contribution in [2.75, 3.05) is 13.2 Å². The summed E-state index contributed by atoms with van der Waals surface area (Å²) in [6.07, 6.45) is 3.45. The third kappa shape index (κ3) is 3.33. The van der Waals surface area contributed by atoms with Gasteiger partial charge < -0.3 is 15.9 Å². The van der Waals surface area contributed by atoms with Crippen LogP contribution in [-0.2, 0) is 4.79 Å². The van der Waals surface area contributed by atoms with E-state index in [9.17, 15) is 4.79 Å². The first-order chi connectivity index (χ1) is 6.64. The van der Waals surface area contributed by atoms with Crippen molar-refractivity contribution in [2.24, 2.45) is 17.1 Å². The third-order valence-electron chi connectivity index (χ3n) is 3.44. The first-order valence-electron chi connectivity index (χ1n) is 5.19. The van der Waals surface area contributed by atoms with Gasteiger partial charge in [-0.25, -0.2) is 0 Å². The van der Waals surface area contributed by atoms with Crippen LogP contribution < -0.4 is 5.73 Å². The van der Waals surface area contributed by atoms with Crippen molar-refractivity contribution in [3.05, 3.63) is 0 Å². The molecular weight excluding hydrogens is 218 g/mol. The Hall–Kier alpha value is -0.320. The van der Waals surface area contributed by atoms with Gasteiger partial charge in [-0.3, -0.25) is 4.79 Å². The molecule has 0 bridgehead atoms. The van der Waals surface area contributed by atoms with Crippen LogP contribution in [0.15, 0.2) is 0 Å². The summed E-state index contributed by atoms with van der Waals surface area (Å²) in [4.78, 5) is 11.1. The van der Waals surface area contributed by atoms with E-state index in [-0.39, 0.29) is 19.0 Å². The van der Waals surface area contributed by atoms with Crippen molar-refractivity contribution in [2.45, 2.75) is 32.1 Å². The standard InChI is InChI=1S/C10H19NO3.ClH/c11-7-8-1-3-10(4-2-8,5-6-12)9(13)14;/h8,12H,1-7,11H2,(H,13,14);1H. The van der Waals surface area contributed by atoms with Crippen LogP contribution in [0.2, 0.25) is 0 Å². The quantitative estimate of drug-likeness (QED) is 0.682. The molecule has 0 heterocycles. The molecule has 0 aromatic rings. The zero-order valence-corrected chi connectivity index (χ0v) is 9.63. The maximum atomic E-state index is 11.1. The third-order valence-corrected chi connectivity index (χ3v) is 3.44. The second-order valence-corrected chi connectivity index (χ2v) is 4.24. The van der Waals surface area contributed by atoms with Crippen molar-refractivity contribution in [1.29, 1.82) is 0 Å². The van der Waals surface area contributed by atoms with E-state index in [0.717, 1.165) is 12.8 Å². The molecule has 1 fully saturated rings. The fourth-order valence-electron chi connectivity index (χ4n) is 2.25. The monoisotopic (exact) mass is 237 g/mol. The molecule has 4 N–H and O–H groups in total. The van der Waals surface area contributed by atoms with Crippen molar-refractivity contribution in [3.63, 3.8) is 0 Å². The van der Waals surface area contributed by atoms with Gasteiger partial charge in [0.2, 0.25) is 0 Å². The summed E-state index contributed by atoms with van der Waals surface area (Å²) in [6.45, 7) is 0.606. The average molecular weight is 238 g/mol. The molecule has 1 aliphatic carbocycles. The highest BCUT2D eigenvalue weighted by atomic mass is 35.5. The molecule has 0 radical (unpaired) electrons. The Morgan fingerprint density at radius 1 is 1.40 bits per heavy atom. The fraction of sp³-hybridized carbons (Fsp3) is 0.900. The van der Waals surface area contributed by atoms with Gasteiger partial charge in [-0.05, 0) is 44.6 Å². The van der Waals surface area contributed by atoms with Gasteiger partial charge in [0, 0.05) is 6.61 Å². The van der Waals surface area contributed by atoms with E-state index in [0.29, 0.717) is 31.7 Å². The molecule has 1 aliphatic rings. The smallest absolute Gasteiger partial charge is 0.309 e. The van der Waals surface area contributed by atoms with Crippen LogP contribution in [0, 0.1) is 11.3 Å². The lowest BCUT2D eigenvalue weighted by atomic mass is 9.69. The second kappa shape index (κ2) is 6.30. The molecule has 0 spiro atoms. The summed E-state index contributed by atoms with van der Waals surface area (Å²) >= 11 is 0. The largest absolute Gasteiger partial charge is 0.481 e. The summed E-state index contributed by atoms with van der Waals surface area (Å²) in [7, 11) is 0. The number of aliphatic hydroxyl groups excluding tert-OH is 1. The Bertz CT molecular complexity index is 203. The molecule has 1 saturated carbocycles. The summed E-state index contributed by atoms with van der Waals surface area (Å²) in [5.41, 5.74) is 4.86. The Morgan fingerprint density at radius 2 is 1.93 bits per heavy atom. The number of carboxylic acid groups (broad SMARTS) is 1. The van der Waals surface area contributed by atoms with E-state index in [2.05, 4.69) is 0 Å². The molecule has 90 valence electrons. The number of hydrogen-bond acceptors (Lipinski definition) is 3. The number of carboxylic acids is 1. The SMILES string of the molecule is Cl.NCC1CCC(CCO)(C(=O)O)CC1. The fourth-order valence-corrected chi connectivity index (χ4v) is 2.25. The predicted molar refractivity (Wildman–Crippen MR) is 60.0 cm³/mol. The van der Waals surface area contributed by atoms with Gasteiger partial charge in [0.15, 0.2) is 0 Å². The topological polar surface area (TPSA) is 83.5 Å². The molecule has 1 rings (SSSR count). The molecule has 0 amide bonds. The van der Waals surface area contributed by atoms with Gasteiger partial charge in [0.25, 0.3) is 0 Å². The Kier molecular flexibility index (Phi) is 6.17. The summed E-state index contributed by atoms with van der Waals surface area (Å²) < 4.78 is 0. The van der Waals surface area contributed by atoms with Crippen LogP contribution in [0.5, 0.6) is 0 Å². The van der Waals surface area contributed by atoms with E-state index in [4.69, 9.17) is 15.9 Å². The Balaban J connectivity index is 0.00000196. The molecule has 4 nitrogen and oxygen atoms in total. The van der Waals surface area contributed by atoms with Gasteiger partial charge in [-0.1, -0.05) is 0 Å². The average Bonchev–Trinajstić information content (AvgIpc) is 2.19. The number of carbonyl (C=O) groups is 1. The van der Waals surface area contributed by atoms with Gasteiger partial charge in [-0.15, -0.1) is 12.4 Å². The van der Waals surface area contributed by atoms with Crippen molar-refractivity contribution in [3.8, 4) is 0 Å². The first kappa shape index (κ1) is 14.7. The molecule has 15 heavy (non-hydrogen) atoms. The van der Waals surface area contributed by atoms with Gasteiger partial charge >= 0.3 is 5.97 Å². The van der Waals surface area contributed by atoms with Gasteiger partial charge in [0.1, 0.15) is 0 Å². The normalized spacial score (nSPS) is 30.7. The van der Waals surface area contributed by atoms with Crippen LogP contribution >= 0.6 is 12.4 Å². The predicted octanol–water partition coefficient (Wildman–Crippen LogP) is 1.01. The van der Waals surface area contributed by atoms with Crippen molar-refractivity contribution in [1.82, 2.24) is 0 Å². The van der Waals surface area contributed by atoms with Crippen LogP contribution in [0.1, 0.15) is 32.1 Å². The first-order valence-corrected chi connectivity index (χ1v) is 5.19. The highest BCUT2D eigenvalue weighted by molar-refractivity contribution is 5.85. The highest BCUT2D eigenvalue weighted by Gasteiger charge is 2.40. The minimum atomic E-state index is -0.762. The van der Waals surface area contributed by atoms with E-state index < -0.39 is 11.4 Å². The number of aliphatic carboxylic acids is 1. The van der Waals surface area contributed by atoms with E-state index >= 15 is 0 Å². The molecule has 5 heteroatoms. The lowest BCUT2D eigenvalue weighted by Gasteiger charge is -2.36. The number of halogens is 1.